The van der Waals surface area contributed by atoms with E-state index < -0.39 is 0 Å². The zero-order valence-corrected chi connectivity index (χ0v) is 17.7. The maximum absolute atomic E-state index is 12.8. The van der Waals surface area contributed by atoms with E-state index in [2.05, 4.69) is 42.9 Å². The Morgan fingerprint density at radius 1 is 1.25 bits per heavy atom. The second-order valence-electron chi connectivity index (χ2n) is 7.52. The summed E-state index contributed by atoms with van der Waals surface area (Å²) in [5, 5.41) is 13.3. The lowest BCUT2D eigenvalue weighted by atomic mass is 9.98. The maximum atomic E-state index is 12.8. The van der Waals surface area contributed by atoms with Gasteiger partial charge in [-0.25, -0.2) is 4.98 Å². The van der Waals surface area contributed by atoms with Gasteiger partial charge in [-0.05, 0) is 12.1 Å². The number of fused-ring (bicyclic) bond motifs is 3. The van der Waals surface area contributed by atoms with E-state index in [0.717, 1.165) is 21.4 Å². The van der Waals surface area contributed by atoms with Crippen LogP contribution in [0.4, 0.5) is 0 Å². The zero-order chi connectivity index (χ0) is 19.9. The van der Waals surface area contributed by atoms with E-state index >= 15 is 0 Å². The Labute approximate surface area is 171 Å². The molecule has 144 valence electrons. The highest BCUT2D eigenvalue weighted by Crippen LogP contribution is 2.29. The molecule has 0 atom stereocenters. The molecule has 0 aliphatic carbocycles. The predicted molar refractivity (Wildman–Crippen MR) is 115 cm³/mol. The van der Waals surface area contributed by atoms with E-state index in [0.29, 0.717) is 23.5 Å². The number of benzene rings is 1. The Bertz CT molecular complexity index is 1230. The standard InChI is InChI=1S/C20H21N5OS2/c1-5-10-24-16(26)14-8-6-7-9-15(14)25-18(24)22-23-19(25)28-12-13-11-27-17(21-13)20(2,3)4/h5-9,11H,1,10,12H2,2-4H3. The van der Waals surface area contributed by atoms with Crippen molar-refractivity contribution >= 4 is 39.8 Å². The second-order valence-corrected chi connectivity index (χ2v) is 9.32. The van der Waals surface area contributed by atoms with Crippen LogP contribution >= 0.6 is 23.1 Å². The molecule has 0 N–H and O–H groups in total. The van der Waals surface area contributed by atoms with Gasteiger partial charge >= 0.3 is 0 Å². The third-order valence-corrected chi connectivity index (χ3v) is 6.61. The van der Waals surface area contributed by atoms with Gasteiger partial charge in [-0.3, -0.25) is 13.8 Å². The summed E-state index contributed by atoms with van der Waals surface area (Å²) in [5.41, 5.74) is 1.80. The molecule has 0 saturated carbocycles. The Morgan fingerprint density at radius 3 is 2.75 bits per heavy atom. The molecule has 1 aromatic carbocycles. The molecule has 28 heavy (non-hydrogen) atoms. The molecule has 0 aliphatic rings. The first-order valence-electron chi connectivity index (χ1n) is 8.95. The fourth-order valence-electron chi connectivity index (χ4n) is 2.98. The Balaban J connectivity index is 1.77. The monoisotopic (exact) mass is 411 g/mol. The van der Waals surface area contributed by atoms with Gasteiger partial charge in [-0.15, -0.1) is 28.1 Å². The first kappa shape index (κ1) is 18.9. The molecule has 0 saturated heterocycles. The maximum Gasteiger partial charge on any atom is 0.263 e. The molecule has 0 bridgehead atoms. The molecule has 0 radical (unpaired) electrons. The van der Waals surface area contributed by atoms with Crippen LogP contribution in [0.15, 0.2) is 52.3 Å². The predicted octanol–water partition coefficient (Wildman–Crippen LogP) is 4.28. The molecule has 0 aliphatic heterocycles. The van der Waals surface area contributed by atoms with Crippen LogP contribution in [0, 0.1) is 0 Å². The number of para-hydroxylation sites is 1. The molecule has 6 nitrogen and oxygen atoms in total. The Hall–Kier alpha value is -2.45. The minimum absolute atomic E-state index is 0.0477. The number of hydrogen-bond acceptors (Lipinski definition) is 6. The van der Waals surface area contributed by atoms with Crippen LogP contribution in [0.5, 0.6) is 0 Å². The van der Waals surface area contributed by atoms with Crippen LogP contribution in [-0.2, 0) is 17.7 Å². The number of allylic oxidation sites excluding steroid dienone is 1. The van der Waals surface area contributed by atoms with E-state index in [-0.39, 0.29) is 11.0 Å². The van der Waals surface area contributed by atoms with Crippen molar-refractivity contribution in [2.24, 2.45) is 0 Å². The minimum Gasteiger partial charge on any atom is -0.272 e. The lowest BCUT2D eigenvalue weighted by Gasteiger charge is -2.13. The topological polar surface area (TPSA) is 65.1 Å². The molecule has 0 amide bonds. The van der Waals surface area contributed by atoms with Gasteiger partial charge in [0.25, 0.3) is 5.56 Å². The molecule has 0 unspecified atom stereocenters. The molecular formula is C20H21N5OS2. The molecular weight excluding hydrogens is 390 g/mol. The van der Waals surface area contributed by atoms with Crippen molar-refractivity contribution in [1.82, 2.24) is 24.1 Å². The van der Waals surface area contributed by atoms with Gasteiger partial charge in [-0.2, -0.15) is 0 Å². The lowest BCUT2D eigenvalue weighted by molar-refractivity contribution is 0.584. The lowest BCUT2D eigenvalue weighted by Crippen LogP contribution is -2.22. The van der Waals surface area contributed by atoms with Gasteiger partial charge in [0.05, 0.1) is 21.6 Å². The van der Waals surface area contributed by atoms with Crippen molar-refractivity contribution in [3.8, 4) is 0 Å². The van der Waals surface area contributed by atoms with Crippen LogP contribution < -0.4 is 5.56 Å². The normalized spacial score (nSPS) is 12.1. The fraction of sp³-hybridized carbons (Fsp3) is 0.300. The van der Waals surface area contributed by atoms with Crippen molar-refractivity contribution in [1.29, 1.82) is 0 Å². The van der Waals surface area contributed by atoms with Crippen LogP contribution in [0.2, 0.25) is 0 Å². The number of rotatable bonds is 5. The van der Waals surface area contributed by atoms with Crippen LogP contribution in [-0.4, -0.2) is 24.1 Å². The van der Waals surface area contributed by atoms with Crippen molar-refractivity contribution in [3.63, 3.8) is 0 Å². The summed E-state index contributed by atoms with van der Waals surface area (Å²) >= 11 is 3.26. The minimum atomic E-state index is -0.0822. The summed E-state index contributed by atoms with van der Waals surface area (Å²) in [7, 11) is 0. The van der Waals surface area contributed by atoms with Gasteiger partial charge in [0.1, 0.15) is 0 Å². The van der Waals surface area contributed by atoms with Gasteiger partial charge in [-0.1, -0.05) is 50.7 Å². The van der Waals surface area contributed by atoms with Crippen molar-refractivity contribution in [3.05, 3.63) is 63.4 Å². The van der Waals surface area contributed by atoms with Crippen LogP contribution in [0.1, 0.15) is 31.5 Å². The quantitative estimate of drug-likeness (QED) is 0.362. The highest BCUT2D eigenvalue weighted by Gasteiger charge is 2.19. The van der Waals surface area contributed by atoms with Crippen molar-refractivity contribution in [2.75, 3.05) is 0 Å². The summed E-state index contributed by atoms with van der Waals surface area (Å²) in [6.07, 6.45) is 1.70. The molecule has 0 fully saturated rings. The first-order valence-corrected chi connectivity index (χ1v) is 10.8. The van der Waals surface area contributed by atoms with Crippen LogP contribution in [0.25, 0.3) is 16.7 Å². The van der Waals surface area contributed by atoms with E-state index in [1.54, 1.807) is 33.7 Å². The first-order chi connectivity index (χ1) is 13.4. The number of thioether (sulfide) groups is 1. The number of aromatic nitrogens is 5. The number of nitrogens with zero attached hydrogens (tertiary/aromatic N) is 5. The van der Waals surface area contributed by atoms with Gasteiger partial charge in [0.15, 0.2) is 5.16 Å². The summed E-state index contributed by atoms with van der Waals surface area (Å²) in [6.45, 7) is 10.6. The van der Waals surface area contributed by atoms with Crippen molar-refractivity contribution < 1.29 is 0 Å². The Kier molecular flexibility index (Phi) is 4.84. The highest BCUT2D eigenvalue weighted by molar-refractivity contribution is 7.98. The molecule has 3 heterocycles. The van der Waals surface area contributed by atoms with E-state index in [1.165, 1.54) is 0 Å². The Morgan fingerprint density at radius 2 is 2.04 bits per heavy atom. The molecule has 0 spiro atoms. The largest absolute Gasteiger partial charge is 0.272 e. The third-order valence-electron chi connectivity index (χ3n) is 4.33. The van der Waals surface area contributed by atoms with E-state index in [1.807, 2.05) is 28.7 Å². The third kappa shape index (κ3) is 3.27. The zero-order valence-electron chi connectivity index (χ0n) is 16.0. The van der Waals surface area contributed by atoms with E-state index in [9.17, 15) is 4.79 Å². The van der Waals surface area contributed by atoms with E-state index in [4.69, 9.17) is 4.98 Å². The average Bonchev–Trinajstić information content (AvgIpc) is 3.30. The summed E-state index contributed by atoms with van der Waals surface area (Å²) in [5.74, 6) is 1.22. The van der Waals surface area contributed by atoms with Crippen molar-refractivity contribution in [2.45, 2.75) is 43.6 Å². The molecule has 4 aromatic rings. The van der Waals surface area contributed by atoms with Gasteiger partial charge < -0.3 is 0 Å². The molecule has 4 rings (SSSR count). The average molecular weight is 412 g/mol. The number of thiazole rings is 1. The smallest absolute Gasteiger partial charge is 0.263 e. The fourth-order valence-corrected chi connectivity index (χ4v) is 4.82. The summed E-state index contributed by atoms with van der Waals surface area (Å²) in [4.78, 5) is 17.6. The number of hydrogen-bond donors (Lipinski definition) is 0. The highest BCUT2D eigenvalue weighted by atomic mass is 32.2. The summed E-state index contributed by atoms with van der Waals surface area (Å²) in [6, 6.07) is 7.55. The van der Waals surface area contributed by atoms with Gasteiger partial charge in [0.2, 0.25) is 5.78 Å². The second kappa shape index (κ2) is 7.18. The van der Waals surface area contributed by atoms with Gasteiger partial charge in [0, 0.05) is 23.1 Å². The summed E-state index contributed by atoms with van der Waals surface area (Å²) < 4.78 is 3.55. The van der Waals surface area contributed by atoms with Crippen LogP contribution in [0.3, 0.4) is 0 Å². The molecule has 3 aromatic heterocycles. The SMILES string of the molecule is C=CCn1c(=O)c2ccccc2n2c(SCc3csc(C(C)(C)C)n3)nnc12. The molecule has 8 heteroatoms.